The van der Waals surface area contributed by atoms with Gasteiger partial charge in [-0.25, -0.2) is 0 Å². The van der Waals surface area contributed by atoms with Crippen LogP contribution in [0.5, 0.6) is 5.75 Å². The summed E-state index contributed by atoms with van der Waals surface area (Å²) in [6.07, 6.45) is 7.77. The molecule has 2 atom stereocenters. The maximum atomic E-state index is 6.08. The van der Waals surface area contributed by atoms with Crippen LogP contribution >= 0.6 is 15.9 Å². The van der Waals surface area contributed by atoms with Crippen LogP contribution in [0.25, 0.3) is 0 Å². The lowest BCUT2D eigenvalue weighted by Gasteiger charge is -2.29. The number of ether oxygens (including phenoxy) is 1. The van der Waals surface area contributed by atoms with Crippen molar-refractivity contribution in [2.24, 2.45) is 0 Å². The zero-order chi connectivity index (χ0) is 12.1. The van der Waals surface area contributed by atoms with Gasteiger partial charge in [0.2, 0.25) is 0 Å². The van der Waals surface area contributed by atoms with E-state index < -0.39 is 0 Å². The Balaban J connectivity index is 1.88. The lowest BCUT2D eigenvalue weighted by Crippen LogP contribution is -2.31. The molecule has 1 nitrogen and oxygen atoms in total. The van der Waals surface area contributed by atoms with Crippen LogP contribution in [0.1, 0.15) is 44.6 Å². The van der Waals surface area contributed by atoms with Crippen molar-refractivity contribution in [3.63, 3.8) is 0 Å². The van der Waals surface area contributed by atoms with Crippen molar-refractivity contribution in [1.82, 2.24) is 0 Å². The Morgan fingerprint density at radius 2 is 2.18 bits per heavy atom. The highest BCUT2D eigenvalue weighted by Gasteiger charge is 2.25. The average Bonchev–Trinajstić information content (AvgIpc) is 2.38. The summed E-state index contributed by atoms with van der Waals surface area (Å²) < 4.78 is 6.08. The Morgan fingerprint density at radius 3 is 3.00 bits per heavy atom. The van der Waals surface area contributed by atoms with Crippen LogP contribution in [-0.2, 0) is 6.42 Å². The quantitative estimate of drug-likeness (QED) is 0.564. The number of para-hydroxylation sites is 1. The van der Waals surface area contributed by atoms with E-state index in [1.54, 1.807) is 0 Å². The number of halogens is 1. The molecule has 17 heavy (non-hydrogen) atoms. The van der Waals surface area contributed by atoms with E-state index in [-0.39, 0.29) is 0 Å². The van der Waals surface area contributed by atoms with Crippen LogP contribution < -0.4 is 4.74 Å². The van der Waals surface area contributed by atoms with Gasteiger partial charge in [-0.05, 0) is 30.9 Å². The molecule has 94 valence electrons. The van der Waals surface area contributed by atoms with Gasteiger partial charge in [0.05, 0.1) is 4.83 Å². The summed E-state index contributed by atoms with van der Waals surface area (Å²) in [5.74, 6) is 1.09. The lowest BCUT2D eigenvalue weighted by atomic mass is 9.98. The Bertz CT molecular complexity index is 351. The van der Waals surface area contributed by atoms with Crippen molar-refractivity contribution >= 4 is 15.9 Å². The van der Waals surface area contributed by atoms with Gasteiger partial charge in [0.25, 0.3) is 0 Å². The topological polar surface area (TPSA) is 9.23 Å². The smallest absolute Gasteiger partial charge is 0.122 e. The van der Waals surface area contributed by atoms with Crippen LogP contribution in [0.3, 0.4) is 0 Å². The van der Waals surface area contributed by atoms with Crippen molar-refractivity contribution in [2.75, 3.05) is 0 Å². The third kappa shape index (κ3) is 3.48. The molecule has 0 aliphatic carbocycles. The number of benzene rings is 1. The summed E-state index contributed by atoms with van der Waals surface area (Å²) in [4.78, 5) is 0.502. The van der Waals surface area contributed by atoms with Gasteiger partial charge in [0.15, 0.2) is 0 Å². The molecule has 2 heteroatoms. The number of hydrogen-bond acceptors (Lipinski definition) is 1. The van der Waals surface area contributed by atoms with Crippen molar-refractivity contribution in [3.05, 3.63) is 29.8 Å². The van der Waals surface area contributed by atoms with Gasteiger partial charge >= 0.3 is 0 Å². The van der Waals surface area contributed by atoms with Crippen LogP contribution in [0, 0.1) is 0 Å². The molecule has 1 aliphatic heterocycles. The lowest BCUT2D eigenvalue weighted by molar-refractivity contribution is 0.168. The molecule has 0 spiro atoms. The minimum atomic E-state index is 0.349. The number of rotatable bonds is 5. The molecule has 0 radical (unpaired) electrons. The van der Waals surface area contributed by atoms with E-state index in [9.17, 15) is 0 Å². The second-order valence-corrected chi connectivity index (χ2v) is 5.99. The van der Waals surface area contributed by atoms with E-state index in [1.807, 2.05) is 0 Å². The van der Waals surface area contributed by atoms with Crippen molar-refractivity contribution < 1.29 is 4.74 Å². The molecular formula is C15H21BrO. The van der Waals surface area contributed by atoms with Crippen LogP contribution in [-0.4, -0.2) is 10.9 Å². The number of hydrogen-bond donors (Lipinski definition) is 0. The number of alkyl halides is 1. The zero-order valence-corrected chi connectivity index (χ0v) is 12.1. The van der Waals surface area contributed by atoms with E-state index in [0.29, 0.717) is 10.9 Å². The SMILES string of the molecule is CCCCCC(Br)C1CCc2ccccc2O1. The predicted octanol–water partition coefficient (Wildman–Crippen LogP) is 4.72. The standard InChI is InChI=1S/C15H21BrO/c1-2-3-4-8-13(16)15-11-10-12-7-5-6-9-14(12)17-15/h5-7,9,13,15H,2-4,8,10-11H2,1H3. The first-order valence-electron chi connectivity index (χ1n) is 6.70. The third-order valence-corrected chi connectivity index (χ3v) is 4.48. The largest absolute Gasteiger partial charge is 0.489 e. The predicted molar refractivity (Wildman–Crippen MR) is 76.0 cm³/mol. The summed E-state index contributed by atoms with van der Waals surface area (Å²) in [7, 11) is 0. The molecule has 0 aromatic heterocycles. The van der Waals surface area contributed by atoms with Crippen molar-refractivity contribution in [2.45, 2.75) is 56.4 Å². The number of aryl methyl sites for hydroxylation is 1. The van der Waals surface area contributed by atoms with Gasteiger partial charge in [0, 0.05) is 0 Å². The molecule has 0 fully saturated rings. The van der Waals surface area contributed by atoms with Crippen LogP contribution in [0.2, 0.25) is 0 Å². The summed E-state index contributed by atoms with van der Waals surface area (Å²) in [6, 6.07) is 8.41. The molecule has 0 amide bonds. The Kier molecular flexibility index (Phi) is 4.90. The number of fused-ring (bicyclic) bond motifs is 1. The average molecular weight is 297 g/mol. The van der Waals surface area contributed by atoms with Gasteiger partial charge < -0.3 is 4.74 Å². The van der Waals surface area contributed by atoms with Gasteiger partial charge in [-0.15, -0.1) is 0 Å². The van der Waals surface area contributed by atoms with Crippen molar-refractivity contribution in [1.29, 1.82) is 0 Å². The molecular weight excluding hydrogens is 276 g/mol. The minimum absolute atomic E-state index is 0.349. The van der Waals surface area contributed by atoms with Gasteiger partial charge in [0.1, 0.15) is 11.9 Å². The summed E-state index contributed by atoms with van der Waals surface area (Å²) in [6.45, 7) is 2.25. The Morgan fingerprint density at radius 1 is 1.35 bits per heavy atom. The second kappa shape index (κ2) is 6.44. The first-order chi connectivity index (χ1) is 8.31. The fraction of sp³-hybridized carbons (Fsp3) is 0.600. The maximum absolute atomic E-state index is 6.08. The minimum Gasteiger partial charge on any atom is -0.489 e. The van der Waals surface area contributed by atoms with E-state index in [0.717, 1.165) is 18.6 Å². The van der Waals surface area contributed by atoms with Crippen LogP contribution in [0.15, 0.2) is 24.3 Å². The summed E-state index contributed by atoms with van der Waals surface area (Å²) in [5.41, 5.74) is 1.36. The third-order valence-electron chi connectivity index (χ3n) is 3.44. The molecule has 1 aromatic carbocycles. The summed E-state index contributed by atoms with van der Waals surface area (Å²) in [5, 5.41) is 0. The monoisotopic (exact) mass is 296 g/mol. The first-order valence-corrected chi connectivity index (χ1v) is 7.61. The highest BCUT2D eigenvalue weighted by Crippen LogP contribution is 2.31. The molecule has 1 aliphatic rings. The Labute approximate surface area is 113 Å². The highest BCUT2D eigenvalue weighted by atomic mass is 79.9. The molecule has 0 saturated carbocycles. The maximum Gasteiger partial charge on any atom is 0.122 e. The molecule has 1 aromatic rings. The zero-order valence-electron chi connectivity index (χ0n) is 10.5. The molecule has 0 N–H and O–H groups in total. The normalized spacial score (nSPS) is 20.5. The molecule has 0 bridgehead atoms. The number of unbranched alkanes of at least 4 members (excludes halogenated alkanes) is 2. The first kappa shape index (κ1) is 12.9. The van der Waals surface area contributed by atoms with Gasteiger partial charge in [-0.1, -0.05) is 60.3 Å². The van der Waals surface area contributed by atoms with Crippen LogP contribution in [0.4, 0.5) is 0 Å². The molecule has 1 heterocycles. The van der Waals surface area contributed by atoms with Crippen molar-refractivity contribution in [3.8, 4) is 5.75 Å². The highest BCUT2D eigenvalue weighted by molar-refractivity contribution is 9.09. The van der Waals surface area contributed by atoms with Gasteiger partial charge in [-0.3, -0.25) is 0 Å². The fourth-order valence-corrected chi connectivity index (χ4v) is 3.07. The van der Waals surface area contributed by atoms with E-state index >= 15 is 0 Å². The Hall–Kier alpha value is -0.500. The van der Waals surface area contributed by atoms with E-state index in [4.69, 9.17) is 4.74 Å². The summed E-state index contributed by atoms with van der Waals surface area (Å²) >= 11 is 3.80. The molecule has 0 saturated heterocycles. The molecule has 2 unspecified atom stereocenters. The molecule has 2 rings (SSSR count). The van der Waals surface area contributed by atoms with Gasteiger partial charge in [-0.2, -0.15) is 0 Å². The fourth-order valence-electron chi connectivity index (χ4n) is 2.38. The van der Waals surface area contributed by atoms with E-state index in [2.05, 4.69) is 47.1 Å². The van der Waals surface area contributed by atoms with E-state index in [1.165, 1.54) is 31.2 Å². The second-order valence-electron chi connectivity index (χ2n) is 4.81.